The van der Waals surface area contributed by atoms with Gasteiger partial charge in [-0.2, -0.15) is 0 Å². The highest BCUT2D eigenvalue weighted by molar-refractivity contribution is 5.26. The summed E-state index contributed by atoms with van der Waals surface area (Å²) in [6.07, 6.45) is -0.741. The van der Waals surface area contributed by atoms with Crippen molar-refractivity contribution >= 4 is 0 Å². The Hall–Kier alpha value is -1.10. The van der Waals surface area contributed by atoms with Crippen LogP contribution in [0.2, 0.25) is 0 Å². The quantitative estimate of drug-likeness (QED) is 0.907. The van der Waals surface area contributed by atoms with Crippen molar-refractivity contribution in [2.75, 3.05) is 13.7 Å². The van der Waals surface area contributed by atoms with Gasteiger partial charge in [-0.3, -0.25) is 0 Å². The lowest BCUT2D eigenvalue weighted by molar-refractivity contribution is -0.236. The van der Waals surface area contributed by atoms with Crippen LogP contribution in [-0.2, 0) is 16.1 Å². The van der Waals surface area contributed by atoms with Crippen LogP contribution < -0.4 is 4.74 Å². The van der Waals surface area contributed by atoms with Gasteiger partial charge >= 0.3 is 0 Å². The van der Waals surface area contributed by atoms with Crippen LogP contribution >= 0.6 is 0 Å². The van der Waals surface area contributed by atoms with Crippen LogP contribution in [0.3, 0.4) is 0 Å². The molecule has 2 rings (SSSR count). The molecule has 0 radical (unpaired) electrons. The summed E-state index contributed by atoms with van der Waals surface area (Å²) in [5.41, 5.74) is 1.10. The molecule has 21 heavy (non-hydrogen) atoms. The molecule has 118 valence electrons. The molecule has 0 aliphatic carbocycles. The van der Waals surface area contributed by atoms with Crippen LogP contribution in [0.5, 0.6) is 5.75 Å². The Balaban J connectivity index is 1.82. The highest BCUT2D eigenvalue weighted by Crippen LogP contribution is 2.34. The maximum Gasteiger partial charge on any atom is 0.157 e. The molecule has 1 aliphatic heterocycles. The van der Waals surface area contributed by atoms with E-state index in [1.54, 1.807) is 7.11 Å². The van der Waals surface area contributed by atoms with E-state index in [2.05, 4.69) is 13.8 Å². The second-order valence-electron chi connectivity index (χ2n) is 6.01. The van der Waals surface area contributed by atoms with Crippen molar-refractivity contribution in [1.82, 2.24) is 0 Å². The number of hydrogen-bond acceptors (Lipinski definition) is 4. The minimum atomic E-state index is -0.689. The highest BCUT2D eigenvalue weighted by atomic mass is 16.6. The Morgan fingerprint density at radius 3 is 2.33 bits per heavy atom. The second kappa shape index (κ2) is 7.25. The molecule has 0 aromatic heterocycles. The molecule has 5 atom stereocenters. The smallest absolute Gasteiger partial charge is 0.157 e. The van der Waals surface area contributed by atoms with Crippen LogP contribution in [0.15, 0.2) is 24.3 Å². The Bertz CT molecular complexity index is 431. The van der Waals surface area contributed by atoms with Crippen LogP contribution in [0, 0.1) is 17.8 Å². The summed E-state index contributed by atoms with van der Waals surface area (Å²) < 4.78 is 16.6. The van der Waals surface area contributed by atoms with Gasteiger partial charge in [-0.25, -0.2) is 0 Å². The minimum Gasteiger partial charge on any atom is -0.497 e. The average Bonchev–Trinajstić information content (AvgIpc) is 2.51. The van der Waals surface area contributed by atoms with E-state index in [4.69, 9.17) is 14.2 Å². The molecule has 1 fully saturated rings. The Kier molecular flexibility index (Phi) is 5.62. The third-order valence-electron chi connectivity index (χ3n) is 4.72. The molecular formula is C17H26O4. The molecule has 3 unspecified atom stereocenters. The zero-order valence-electron chi connectivity index (χ0n) is 13.3. The normalized spacial score (nSPS) is 32.9. The summed E-state index contributed by atoms with van der Waals surface area (Å²) in [6, 6.07) is 7.82. The molecule has 0 spiro atoms. The summed E-state index contributed by atoms with van der Waals surface area (Å²) >= 11 is 0. The maximum absolute atomic E-state index is 9.92. The fourth-order valence-corrected chi connectivity index (χ4v) is 2.71. The van der Waals surface area contributed by atoms with Gasteiger partial charge in [0.15, 0.2) is 6.29 Å². The van der Waals surface area contributed by atoms with Gasteiger partial charge in [-0.05, 0) is 29.5 Å². The molecular weight excluding hydrogens is 268 g/mol. The van der Waals surface area contributed by atoms with Crippen molar-refractivity contribution in [1.29, 1.82) is 0 Å². The SMILES string of the molecule is COc1ccc(COCC2OC(O)C(C)[C@@H](C)[C@@H]2C)cc1. The molecule has 4 nitrogen and oxygen atoms in total. The monoisotopic (exact) mass is 294 g/mol. The molecule has 0 amide bonds. The minimum absolute atomic E-state index is 0.0514. The van der Waals surface area contributed by atoms with Crippen molar-refractivity contribution in [3.63, 3.8) is 0 Å². The first-order valence-corrected chi connectivity index (χ1v) is 7.57. The van der Waals surface area contributed by atoms with Crippen LogP contribution in [0.1, 0.15) is 26.3 Å². The lowest BCUT2D eigenvalue weighted by Crippen LogP contribution is -2.46. The van der Waals surface area contributed by atoms with E-state index in [1.165, 1.54) is 0 Å². The van der Waals surface area contributed by atoms with Gasteiger partial charge in [0.05, 0.1) is 26.4 Å². The first kappa shape index (κ1) is 16.3. The Morgan fingerprint density at radius 2 is 1.71 bits per heavy atom. The number of methoxy groups -OCH3 is 1. The summed E-state index contributed by atoms with van der Waals surface area (Å²) in [5.74, 6) is 1.80. The van der Waals surface area contributed by atoms with Gasteiger partial charge < -0.3 is 19.3 Å². The van der Waals surface area contributed by atoms with Crippen LogP contribution in [0.4, 0.5) is 0 Å². The standard InChI is InChI=1S/C17H26O4/c1-11-12(2)16(21-17(18)13(11)3)10-20-9-14-5-7-15(19-4)8-6-14/h5-8,11-13,16-18H,9-10H2,1-4H3/t11-,12-,13?,16?,17?/m0/s1. The first-order valence-electron chi connectivity index (χ1n) is 7.57. The lowest BCUT2D eigenvalue weighted by Gasteiger charge is -2.41. The van der Waals surface area contributed by atoms with E-state index in [0.717, 1.165) is 11.3 Å². The third kappa shape index (κ3) is 3.96. The van der Waals surface area contributed by atoms with Crippen LogP contribution in [-0.4, -0.2) is 31.2 Å². The third-order valence-corrected chi connectivity index (χ3v) is 4.72. The number of rotatable bonds is 5. The van der Waals surface area contributed by atoms with Crippen LogP contribution in [0.25, 0.3) is 0 Å². The van der Waals surface area contributed by atoms with E-state index in [9.17, 15) is 5.11 Å². The topological polar surface area (TPSA) is 47.9 Å². The van der Waals surface area contributed by atoms with E-state index < -0.39 is 6.29 Å². The molecule has 1 saturated heterocycles. The number of aliphatic hydroxyl groups excluding tert-OH is 1. The molecule has 1 heterocycles. The molecule has 1 aliphatic rings. The number of benzene rings is 1. The van der Waals surface area contributed by atoms with Crippen molar-refractivity contribution in [2.45, 2.75) is 39.8 Å². The van der Waals surface area contributed by atoms with Crippen molar-refractivity contribution < 1.29 is 19.3 Å². The predicted octanol–water partition coefficient (Wildman–Crippen LogP) is 2.84. The van der Waals surface area contributed by atoms with Gasteiger partial charge in [0.2, 0.25) is 0 Å². The van der Waals surface area contributed by atoms with E-state index >= 15 is 0 Å². The molecule has 0 saturated carbocycles. The first-order chi connectivity index (χ1) is 10.0. The maximum atomic E-state index is 9.92. The second-order valence-corrected chi connectivity index (χ2v) is 6.01. The molecule has 1 aromatic rings. The van der Waals surface area contributed by atoms with Gasteiger partial charge in [0, 0.05) is 5.92 Å². The lowest BCUT2D eigenvalue weighted by atomic mass is 9.79. The fourth-order valence-electron chi connectivity index (χ4n) is 2.71. The molecule has 1 aromatic carbocycles. The highest BCUT2D eigenvalue weighted by Gasteiger charge is 2.38. The van der Waals surface area contributed by atoms with E-state index in [1.807, 2.05) is 31.2 Å². The summed E-state index contributed by atoms with van der Waals surface area (Å²) in [4.78, 5) is 0. The van der Waals surface area contributed by atoms with Gasteiger partial charge in [-0.15, -0.1) is 0 Å². The van der Waals surface area contributed by atoms with E-state index in [0.29, 0.717) is 25.0 Å². The predicted molar refractivity (Wildman–Crippen MR) is 81.0 cm³/mol. The number of ether oxygens (including phenoxy) is 3. The zero-order valence-corrected chi connectivity index (χ0v) is 13.3. The summed E-state index contributed by atoms with van der Waals surface area (Å²) in [6.45, 7) is 7.39. The summed E-state index contributed by atoms with van der Waals surface area (Å²) in [5, 5.41) is 9.92. The molecule has 0 bridgehead atoms. The molecule has 4 heteroatoms. The van der Waals surface area contributed by atoms with Gasteiger partial charge in [0.25, 0.3) is 0 Å². The van der Waals surface area contributed by atoms with Crippen molar-refractivity contribution in [3.8, 4) is 5.75 Å². The van der Waals surface area contributed by atoms with Crippen molar-refractivity contribution in [2.24, 2.45) is 17.8 Å². The number of hydrogen-bond donors (Lipinski definition) is 1. The number of aliphatic hydroxyl groups is 1. The summed E-state index contributed by atoms with van der Waals surface area (Å²) in [7, 11) is 1.65. The Morgan fingerprint density at radius 1 is 1.05 bits per heavy atom. The largest absolute Gasteiger partial charge is 0.497 e. The van der Waals surface area contributed by atoms with Crippen molar-refractivity contribution in [3.05, 3.63) is 29.8 Å². The van der Waals surface area contributed by atoms with Gasteiger partial charge in [0.1, 0.15) is 5.75 Å². The molecule has 1 N–H and O–H groups in total. The Labute approximate surface area is 127 Å². The fraction of sp³-hybridized carbons (Fsp3) is 0.647. The van der Waals surface area contributed by atoms with E-state index in [-0.39, 0.29) is 12.0 Å². The van der Waals surface area contributed by atoms with Gasteiger partial charge in [-0.1, -0.05) is 32.9 Å². The zero-order chi connectivity index (χ0) is 15.4. The average molecular weight is 294 g/mol.